The number of carbonyl (C=O) groups excluding carboxylic acids is 1. The molecule has 0 atom stereocenters. The Balaban J connectivity index is 0.00000169. The van der Waals surface area contributed by atoms with Gasteiger partial charge in [-0.05, 0) is 12.8 Å². The van der Waals surface area contributed by atoms with Crippen molar-refractivity contribution in [3.05, 3.63) is 17.7 Å². The van der Waals surface area contributed by atoms with E-state index in [4.69, 9.17) is 4.74 Å². The maximum atomic E-state index is 11.3. The molecule has 14 heavy (non-hydrogen) atoms. The average molecular weight is 198 g/mol. The second-order valence-electron chi connectivity index (χ2n) is 3.04. The molecule has 4 nitrogen and oxygen atoms in total. The number of rotatable bonds is 3. The number of nitrogens with zero attached hydrogens (tertiary/aromatic N) is 1. The van der Waals surface area contributed by atoms with Crippen molar-refractivity contribution in [2.45, 2.75) is 34.1 Å². The minimum Gasteiger partial charge on any atom is -0.461 e. The van der Waals surface area contributed by atoms with Crippen LogP contribution in [0.5, 0.6) is 0 Å². The number of hydrogen-bond donors (Lipinski definition) is 1. The van der Waals surface area contributed by atoms with Gasteiger partial charge < -0.3 is 9.72 Å². The zero-order valence-corrected chi connectivity index (χ0v) is 8.13. The molecule has 80 valence electrons. The minimum absolute atomic E-state index is 0. The topological polar surface area (TPSA) is 55.0 Å². The number of ether oxygens (including phenoxy) is 1. The first-order chi connectivity index (χ1) is 6.16. The normalized spacial score (nSPS) is 9.71. The van der Waals surface area contributed by atoms with Crippen molar-refractivity contribution in [3.63, 3.8) is 0 Å². The quantitative estimate of drug-likeness (QED) is 0.758. The smallest absolute Gasteiger partial charge is 0.358 e. The van der Waals surface area contributed by atoms with Crippen molar-refractivity contribution in [2.24, 2.45) is 0 Å². The Morgan fingerprint density at radius 3 is 2.79 bits per heavy atom. The molecule has 0 aliphatic carbocycles. The summed E-state index contributed by atoms with van der Waals surface area (Å²) in [5.74, 6) is -0.102. The van der Waals surface area contributed by atoms with Gasteiger partial charge in [-0.2, -0.15) is 0 Å². The molecule has 1 aromatic heterocycles. The summed E-state index contributed by atoms with van der Waals surface area (Å²) in [6.45, 7) is 6.15. The van der Waals surface area contributed by atoms with Gasteiger partial charge >= 0.3 is 5.97 Å². The highest BCUT2D eigenvalue weighted by molar-refractivity contribution is 5.88. The molecule has 0 aliphatic heterocycles. The van der Waals surface area contributed by atoms with E-state index in [0.717, 1.165) is 5.69 Å². The minimum atomic E-state index is -0.354. The Kier molecular flexibility index (Phi) is 4.91. The zero-order chi connectivity index (χ0) is 9.84. The van der Waals surface area contributed by atoms with Gasteiger partial charge in [-0.3, -0.25) is 0 Å². The molecule has 0 saturated heterocycles. The molecule has 1 heterocycles. The van der Waals surface area contributed by atoms with E-state index in [-0.39, 0.29) is 19.3 Å². The fourth-order valence-electron chi connectivity index (χ4n) is 1.11. The van der Waals surface area contributed by atoms with Crippen LogP contribution in [0, 0.1) is 0 Å². The van der Waals surface area contributed by atoms with E-state index in [9.17, 15) is 4.79 Å². The van der Waals surface area contributed by atoms with Crippen molar-refractivity contribution >= 4 is 5.97 Å². The van der Waals surface area contributed by atoms with Crippen LogP contribution in [-0.4, -0.2) is 22.5 Å². The Bertz CT molecular complexity index is 292. The predicted octanol–water partition coefficient (Wildman–Crippen LogP) is 2.35. The lowest BCUT2D eigenvalue weighted by Crippen LogP contribution is -2.08. The summed E-state index contributed by atoms with van der Waals surface area (Å²) in [7, 11) is 0. The van der Waals surface area contributed by atoms with Crippen LogP contribution in [0.15, 0.2) is 6.33 Å². The highest BCUT2D eigenvalue weighted by Gasteiger charge is 2.17. The van der Waals surface area contributed by atoms with Crippen molar-refractivity contribution in [3.8, 4) is 0 Å². The van der Waals surface area contributed by atoms with Gasteiger partial charge in [-0.15, -0.1) is 0 Å². The highest BCUT2D eigenvalue weighted by Crippen LogP contribution is 2.15. The number of aromatic amines is 1. The van der Waals surface area contributed by atoms with Crippen LogP contribution in [0.3, 0.4) is 0 Å². The maximum absolute atomic E-state index is 11.3. The van der Waals surface area contributed by atoms with E-state index in [1.807, 2.05) is 13.8 Å². The van der Waals surface area contributed by atoms with E-state index in [1.54, 1.807) is 6.92 Å². The van der Waals surface area contributed by atoms with Gasteiger partial charge in [0.05, 0.1) is 18.6 Å². The molecule has 0 spiro atoms. The van der Waals surface area contributed by atoms with Crippen LogP contribution in [0.2, 0.25) is 0 Å². The van der Waals surface area contributed by atoms with E-state index in [0.29, 0.717) is 12.3 Å². The predicted molar refractivity (Wildman–Crippen MR) is 55.4 cm³/mol. The Morgan fingerprint density at radius 2 is 2.29 bits per heavy atom. The van der Waals surface area contributed by atoms with Crippen molar-refractivity contribution in [2.75, 3.05) is 6.61 Å². The first-order valence-corrected chi connectivity index (χ1v) is 4.37. The lowest BCUT2D eigenvalue weighted by molar-refractivity contribution is 0.0518. The molecule has 0 saturated carbocycles. The zero-order valence-electron chi connectivity index (χ0n) is 8.13. The monoisotopic (exact) mass is 198 g/mol. The molecule has 0 unspecified atom stereocenters. The average Bonchev–Trinajstić information content (AvgIpc) is 2.52. The number of esters is 1. The van der Waals surface area contributed by atoms with E-state index >= 15 is 0 Å². The molecule has 0 bridgehead atoms. The lowest BCUT2D eigenvalue weighted by Gasteiger charge is -2.04. The van der Waals surface area contributed by atoms with Gasteiger partial charge in [0, 0.05) is 0 Å². The van der Waals surface area contributed by atoms with E-state index in [1.165, 1.54) is 6.33 Å². The Hall–Kier alpha value is -1.32. The number of carbonyl (C=O) groups is 1. The van der Waals surface area contributed by atoms with Gasteiger partial charge in [-0.25, -0.2) is 9.78 Å². The molecule has 4 heteroatoms. The summed E-state index contributed by atoms with van der Waals surface area (Å²) in [5.41, 5.74) is 1.23. The van der Waals surface area contributed by atoms with Crippen LogP contribution in [-0.2, 0) is 4.74 Å². The molecule has 0 amide bonds. The van der Waals surface area contributed by atoms with E-state index in [2.05, 4.69) is 9.97 Å². The summed E-state index contributed by atoms with van der Waals surface area (Å²) in [4.78, 5) is 18.2. The van der Waals surface area contributed by atoms with Crippen LogP contribution in [0.25, 0.3) is 0 Å². The van der Waals surface area contributed by atoms with Crippen LogP contribution >= 0.6 is 0 Å². The van der Waals surface area contributed by atoms with Gasteiger partial charge in [0.15, 0.2) is 5.69 Å². The summed E-state index contributed by atoms with van der Waals surface area (Å²) in [6, 6.07) is 0. The number of imidazole rings is 1. The Labute approximate surface area is 84.7 Å². The summed E-state index contributed by atoms with van der Waals surface area (Å²) in [6.07, 6.45) is 1.52. The number of aromatic nitrogens is 2. The fourth-order valence-corrected chi connectivity index (χ4v) is 1.11. The first-order valence-electron chi connectivity index (χ1n) is 4.37. The molecular weight excluding hydrogens is 180 g/mol. The number of H-pyrrole nitrogens is 1. The molecule has 0 aliphatic rings. The first kappa shape index (κ1) is 12.7. The van der Waals surface area contributed by atoms with E-state index < -0.39 is 0 Å². The second-order valence-corrected chi connectivity index (χ2v) is 3.04. The molecule has 0 radical (unpaired) electrons. The maximum Gasteiger partial charge on any atom is 0.358 e. The number of nitrogens with one attached hydrogen (secondary N) is 1. The highest BCUT2D eigenvalue weighted by atomic mass is 16.5. The number of hydrogen-bond acceptors (Lipinski definition) is 3. The fraction of sp³-hybridized carbons (Fsp3) is 0.600. The standard InChI is InChI=1S/C9H14N2O2.CH4/c1-4-13-9(12)8-7(6(2)3)10-5-11-8;/h5-6H,4H2,1-3H3,(H,10,11);1H4. The summed E-state index contributed by atoms with van der Waals surface area (Å²) < 4.78 is 4.86. The third-order valence-electron chi connectivity index (χ3n) is 1.71. The molecule has 1 N–H and O–H groups in total. The van der Waals surface area contributed by atoms with Crippen LogP contribution < -0.4 is 0 Å². The third kappa shape index (κ3) is 2.58. The molecule has 1 aromatic rings. The SMILES string of the molecule is C.CCOC(=O)c1nc[nH]c1C(C)C. The van der Waals surface area contributed by atoms with Crippen molar-refractivity contribution in [1.82, 2.24) is 9.97 Å². The summed E-state index contributed by atoms with van der Waals surface area (Å²) >= 11 is 0. The third-order valence-corrected chi connectivity index (χ3v) is 1.71. The largest absolute Gasteiger partial charge is 0.461 e. The van der Waals surface area contributed by atoms with Gasteiger partial charge in [-0.1, -0.05) is 21.3 Å². The van der Waals surface area contributed by atoms with Gasteiger partial charge in [0.25, 0.3) is 0 Å². The Morgan fingerprint density at radius 1 is 1.64 bits per heavy atom. The van der Waals surface area contributed by atoms with Crippen molar-refractivity contribution in [1.29, 1.82) is 0 Å². The molecule has 1 rings (SSSR count). The lowest BCUT2D eigenvalue weighted by atomic mass is 10.1. The van der Waals surface area contributed by atoms with Crippen LogP contribution in [0.4, 0.5) is 0 Å². The van der Waals surface area contributed by atoms with Crippen molar-refractivity contribution < 1.29 is 9.53 Å². The molecule has 0 fully saturated rings. The molecular formula is C10H18N2O2. The second kappa shape index (κ2) is 5.42. The summed E-state index contributed by atoms with van der Waals surface area (Å²) in [5, 5.41) is 0. The molecule has 0 aromatic carbocycles. The van der Waals surface area contributed by atoms with Crippen LogP contribution in [0.1, 0.15) is 50.3 Å². The van der Waals surface area contributed by atoms with Gasteiger partial charge in [0.1, 0.15) is 0 Å². The van der Waals surface area contributed by atoms with Gasteiger partial charge in [0.2, 0.25) is 0 Å².